The molecule has 2 aromatic heterocycles. The zero-order valence-electron chi connectivity index (χ0n) is 38.3. The second-order valence-corrected chi connectivity index (χ2v) is 16.5. The van der Waals surface area contributed by atoms with Gasteiger partial charge in [0.05, 0.1) is 10.0 Å². The summed E-state index contributed by atoms with van der Waals surface area (Å²) >= 11 is 13.7. The van der Waals surface area contributed by atoms with Gasteiger partial charge in [0.1, 0.15) is 49.4 Å². The molecule has 0 aliphatic rings. The van der Waals surface area contributed by atoms with Crippen LogP contribution in [0.4, 0.5) is 0 Å². The largest absolute Gasteiger partial charge is 0.488 e. The Bertz CT molecular complexity index is 2870. The maximum Gasteiger partial charge on any atom is 0.328 e. The van der Waals surface area contributed by atoms with Crippen LogP contribution in [0.2, 0.25) is 10.0 Å². The molecule has 6 rings (SSSR count). The number of rotatable bonds is 25. The molecule has 356 valence electrons. The number of nitrogens with one attached hydrogen (secondary N) is 3. The van der Waals surface area contributed by atoms with E-state index in [0.29, 0.717) is 64.8 Å². The summed E-state index contributed by atoms with van der Waals surface area (Å²) in [7, 11) is 1.70. The van der Waals surface area contributed by atoms with Gasteiger partial charge in [0.15, 0.2) is 0 Å². The third kappa shape index (κ3) is 15.1. The molecule has 0 amide bonds. The minimum Gasteiger partial charge on any atom is -0.488 e. The van der Waals surface area contributed by atoms with Crippen molar-refractivity contribution >= 4 is 47.6 Å². The molecule has 14 nitrogen and oxygen atoms in total. The summed E-state index contributed by atoms with van der Waals surface area (Å²) in [6.45, 7) is 6.30. The van der Waals surface area contributed by atoms with Gasteiger partial charge in [-0.25, -0.2) is 9.59 Å². The molecule has 0 fully saturated rings. The number of carboxylic acids is 2. The average Bonchev–Trinajstić information content (AvgIpc) is 3.33. The predicted molar refractivity (Wildman–Crippen MR) is 268 cm³/mol. The molecule has 0 radical (unpaired) electrons. The van der Waals surface area contributed by atoms with Gasteiger partial charge in [-0.15, -0.1) is 0 Å². The van der Waals surface area contributed by atoms with Crippen molar-refractivity contribution in [1.82, 2.24) is 20.6 Å². The highest BCUT2D eigenvalue weighted by molar-refractivity contribution is 6.32. The van der Waals surface area contributed by atoms with Gasteiger partial charge < -0.3 is 45.2 Å². The van der Waals surface area contributed by atoms with Crippen LogP contribution in [0.1, 0.15) is 55.6 Å². The van der Waals surface area contributed by atoms with Gasteiger partial charge in [-0.05, 0) is 71.5 Å². The molecule has 4 aromatic carbocycles. The number of aliphatic imine (C=N–C) groups is 1. The molecule has 16 heteroatoms. The first-order valence-corrected chi connectivity index (χ1v) is 22.5. The van der Waals surface area contributed by atoms with Crippen molar-refractivity contribution in [2.75, 3.05) is 20.1 Å². The second kappa shape index (κ2) is 25.7. The lowest BCUT2D eigenvalue weighted by atomic mass is 9.92. The molecule has 2 heterocycles. The molecular weight excluding hydrogens is 920 g/mol. The van der Waals surface area contributed by atoms with Gasteiger partial charge in [-0.2, -0.15) is 0 Å². The molecule has 0 spiro atoms. The van der Waals surface area contributed by atoms with E-state index >= 15 is 0 Å². The molecule has 5 N–H and O–H groups in total. The molecule has 0 atom stereocenters. The molecule has 0 aliphatic carbocycles. The van der Waals surface area contributed by atoms with E-state index in [2.05, 4.69) is 51.6 Å². The monoisotopic (exact) mass is 970 g/mol. The number of aromatic nitrogens is 2. The Hall–Kier alpha value is -7.36. The highest BCUT2D eigenvalue weighted by Gasteiger charge is 2.17. The summed E-state index contributed by atoms with van der Waals surface area (Å²) in [5.74, 6) is -0.130. The fourth-order valence-electron chi connectivity index (χ4n) is 7.19. The molecule has 0 unspecified atom stereocenters. The predicted octanol–water partition coefficient (Wildman–Crippen LogP) is 9.89. The standard InChI is InChI=1S/C53H52Cl2N6O8/c1-34-40(32-68-50-20-48(66-30-38-16-36(22-56)24-60-26-38)42(18-46(50)54)28-58-14-6-12-52(62)63)8-4-10-44(34)45-11-5-9-41(35(45)2)33-69-51-21-49(67-31-39-17-37(23-57-3)25-61-27-39)43(19-47(51)55)29-59-15-7-13-53(64)65/h4-13,16-27,56,58-59H,14-15,28-33H2,1-3H3,(H,62,63)(H,64,65)/b12-6+,13-7+,56-22?,57-23+. The van der Waals surface area contributed by atoms with Crippen molar-refractivity contribution in [1.29, 1.82) is 5.41 Å². The quantitative estimate of drug-likeness (QED) is 0.0207. The van der Waals surface area contributed by atoms with Gasteiger partial charge in [0.25, 0.3) is 0 Å². The number of benzene rings is 4. The summed E-state index contributed by atoms with van der Waals surface area (Å²) in [6, 6.07) is 23.0. The Morgan fingerprint density at radius 3 is 1.52 bits per heavy atom. The Kier molecular flexibility index (Phi) is 19.0. The summed E-state index contributed by atoms with van der Waals surface area (Å²) in [6.07, 6.45) is 14.9. The number of pyridine rings is 2. The van der Waals surface area contributed by atoms with Crippen LogP contribution < -0.4 is 29.6 Å². The number of halogens is 2. The van der Waals surface area contributed by atoms with Crippen LogP contribution in [0.25, 0.3) is 11.1 Å². The summed E-state index contributed by atoms with van der Waals surface area (Å²) in [5, 5.41) is 32.7. The number of ether oxygens (including phenoxy) is 4. The topological polar surface area (TPSA) is 198 Å². The van der Waals surface area contributed by atoms with Gasteiger partial charge in [0, 0.05) is 128 Å². The van der Waals surface area contributed by atoms with Crippen LogP contribution in [0.15, 0.2) is 127 Å². The van der Waals surface area contributed by atoms with E-state index in [9.17, 15) is 9.59 Å². The maximum absolute atomic E-state index is 10.9. The number of hydrogen-bond acceptors (Lipinski definition) is 12. The average molecular weight is 972 g/mol. The van der Waals surface area contributed by atoms with Crippen molar-refractivity contribution in [3.8, 4) is 34.1 Å². The molecule has 0 saturated carbocycles. The number of carbonyl (C=O) groups is 2. The molecule has 6 aromatic rings. The third-order valence-corrected chi connectivity index (χ3v) is 11.3. The summed E-state index contributed by atoms with van der Waals surface area (Å²) < 4.78 is 25.4. The van der Waals surface area contributed by atoms with E-state index in [1.165, 1.54) is 18.4 Å². The van der Waals surface area contributed by atoms with Gasteiger partial charge in [0.2, 0.25) is 0 Å². The van der Waals surface area contributed by atoms with Crippen LogP contribution in [0, 0.1) is 19.3 Å². The van der Waals surface area contributed by atoms with Gasteiger partial charge in [-0.1, -0.05) is 71.8 Å². The third-order valence-electron chi connectivity index (χ3n) is 10.7. The SMILES string of the molecule is C/N=C/c1cncc(COc2cc(OCc3cccc(-c4cccc(COc5cc(OCc6cncc(C=N)c6)c(CNC/C=C/C(=O)O)cc5Cl)c4C)c3C)c(Cl)cc2CNC/C=C/C(=O)O)c1. The fraction of sp³-hybridized carbons (Fsp3) is 0.208. The van der Waals surface area contributed by atoms with E-state index in [1.807, 2.05) is 36.4 Å². The van der Waals surface area contributed by atoms with Gasteiger partial charge >= 0.3 is 11.9 Å². The summed E-state index contributed by atoms with van der Waals surface area (Å²) in [4.78, 5) is 34.5. The first-order chi connectivity index (χ1) is 33.4. The van der Waals surface area contributed by atoms with E-state index in [-0.39, 0.29) is 26.4 Å². The van der Waals surface area contributed by atoms with Crippen LogP contribution >= 0.6 is 23.2 Å². The van der Waals surface area contributed by atoms with E-state index < -0.39 is 11.9 Å². The van der Waals surface area contributed by atoms with E-state index in [1.54, 1.807) is 62.3 Å². The Labute approximate surface area is 410 Å². The maximum atomic E-state index is 10.9. The number of nitrogens with zero attached hydrogens (tertiary/aromatic N) is 3. The molecule has 0 bridgehead atoms. The Balaban J connectivity index is 1.18. The van der Waals surface area contributed by atoms with Crippen molar-refractivity contribution < 1.29 is 38.7 Å². The lowest BCUT2D eigenvalue weighted by molar-refractivity contribution is -0.132. The second-order valence-electron chi connectivity index (χ2n) is 15.6. The van der Waals surface area contributed by atoms with E-state index in [4.69, 9.17) is 57.8 Å². The van der Waals surface area contributed by atoms with Crippen LogP contribution in [-0.4, -0.2) is 64.7 Å². The van der Waals surface area contributed by atoms with Crippen molar-refractivity contribution in [3.63, 3.8) is 0 Å². The molecular formula is C53H52Cl2N6O8. The lowest BCUT2D eigenvalue weighted by Crippen LogP contribution is -2.14. The van der Waals surface area contributed by atoms with E-state index in [0.717, 1.165) is 73.4 Å². The van der Waals surface area contributed by atoms with Crippen molar-refractivity contribution in [2.24, 2.45) is 4.99 Å². The fourth-order valence-corrected chi connectivity index (χ4v) is 7.67. The minimum atomic E-state index is -1.03. The lowest BCUT2D eigenvalue weighted by Gasteiger charge is -2.19. The zero-order chi connectivity index (χ0) is 49.1. The number of hydrogen-bond donors (Lipinski definition) is 5. The number of carboxylic acid groups (broad SMARTS) is 2. The van der Waals surface area contributed by atoms with Crippen LogP contribution in [0.5, 0.6) is 23.0 Å². The number of aliphatic carboxylic acids is 2. The van der Waals surface area contributed by atoms with Crippen LogP contribution in [-0.2, 0) is 49.1 Å². The normalized spacial score (nSPS) is 11.4. The Morgan fingerprint density at radius 1 is 0.623 bits per heavy atom. The highest BCUT2D eigenvalue weighted by atomic mass is 35.5. The molecule has 0 aliphatic heterocycles. The Morgan fingerprint density at radius 2 is 1.07 bits per heavy atom. The molecule has 0 saturated heterocycles. The summed E-state index contributed by atoms with van der Waals surface area (Å²) in [5.41, 5.74) is 10.6. The van der Waals surface area contributed by atoms with Crippen LogP contribution in [0.3, 0.4) is 0 Å². The molecule has 69 heavy (non-hydrogen) atoms. The smallest absolute Gasteiger partial charge is 0.328 e. The van der Waals surface area contributed by atoms with Crippen molar-refractivity contribution in [3.05, 3.63) is 188 Å². The first kappa shape index (κ1) is 51.0. The van der Waals surface area contributed by atoms with Gasteiger partial charge in [-0.3, -0.25) is 15.0 Å². The highest BCUT2D eigenvalue weighted by Crippen LogP contribution is 2.37. The first-order valence-electron chi connectivity index (χ1n) is 21.8. The van der Waals surface area contributed by atoms with Crippen molar-refractivity contribution in [2.45, 2.75) is 53.4 Å². The minimum absolute atomic E-state index is 0.180. The zero-order valence-corrected chi connectivity index (χ0v) is 39.8.